The lowest BCUT2D eigenvalue weighted by Gasteiger charge is -1.96. The molecular weight excluding hydrogens is 86.1 g/mol. The minimum Gasteiger partial charge on any atom is -0.329 e. The summed E-state index contributed by atoms with van der Waals surface area (Å²) in [4.78, 5) is 0. The van der Waals surface area contributed by atoms with Crippen LogP contribution in [0.4, 0.5) is 0 Å². The molecule has 0 bridgehead atoms. The number of hydrogen-bond acceptors (Lipinski definition) is 1. The van der Waals surface area contributed by atoms with Gasteiger partial charge in [0.15, 0.2) is 0 Å². The van der Waals surface area contributed by atoms with Gasteiger partial charge in [-0.05, 0) is 12.8 Å². The van der Waals surface area contributed by atoms with Crippen LogP contribution in [-0.2, 0) is 0 Å². The lowest BCUT2D eigenvalue weighted by atomic mass is 10.1. The molecule has 0 aromatic rings. The van der Waals surface area contributed by atoms with Gasteiger partial charge in [-0.3, -0.25) is 0 Å². The van der Waals surface area contributed by atoms with Crippen LogP contribution < -0.4 is 5.73 Å². The van der Waals surface area contributed by atoms with E-state index in [0.717, 1.165) is 12.8 Å². The summed E-state index contributed by atoms with van der Waals surface area (Å²) in [7, 11) is 0. The second-order valence-corrected chi connectivity index (χ2v) is 2.13. The summed E-state index contributed by atoms with van der Waals surface area (Å²) in [5.74, 6) is 2.68. The van der Waals surface area contributed by atoms with Gasteiger partial charge < -0.3 is 5.73 Å². The van der Waals surface area contributed by atoms with Gasteiger partial charge >= 0.3 is 0 Å². The minimum atomic E-state index is 0.139. The molecule has 1 heteroatoms. The highest BCUT2D eigenvalue weighted by Crippen LogP contribution is 2.43. The second kappa shape index (κ2) is 1.24. The van der Waals surface area contributed by atoms with E-state index in [0.29, 0.717) is 6.54 Å². The topological polar surface area (TPSA) is 26.0 Å². The van der Waals surface area contributed by atoms with Gasteiger partial charge in [-0.2, -0.15) is 0 Å². The predicted molar refractivity (Wildman–Crippen MR) is 29.6 cm³/mol. The predicted octanol–water partition coefficient (Wildman–Crippen LogP) is 0.359. The summed E-state index contributed by atoms with van der Waals surface area (Å²) in [6, 6.07) is 0. The van der Waals surface area contributed by atoms with Crippen LogP contribution in [0.3, 0.4) is 0 Å². The first-order valence-corrected chi connectivity index (χ1v) is 2.51. The molecule has 0 heterocycles. The Kier molecular flexibility index (Phi) is 0.831. The van der Waals surface area contributed by atoms with Crippen LogP contribution in [-0.4, -0.2) is 6.54 Å². The Labute approximate surface area is 43.9 Å². The molecule has 38 valence electrons. The zero-order valence-electron chi connectivity index (χ0n) is 4.28. The Hall–Kier alpha value is -0.480. The molecule has 1 aliphatic carbocycles. The van der Waals surface area contributed by atoms with E-state index >= 15 is 0 Å². The van der Waals surface area contributed by atoms with Gasteiger partial charge in [0, 0.05) is 12.0 Å². The van der Waals surface area contributed by atoms with Crippen LogP contribution in [0.15, 0.2) is 0 Å². The monoisotopic (exact) mass is 95.1 g/mol. The average Bonchev–Trinajstić information content (AvgIpc) is 2.46. The zero-order valence-corrected chi connectivity index (χ0v) is 4.28. The molecular formula is C6H9N. The van der Waals surface area contributed by atoms with Crippen LogP contribution in [0, 0.1) is 17.8 Å². The van der Waals surface area contributed by atoms with Crippen molar-refractivity contribution in [2.75, 3.05) is 6.54 Å². The van der Waals surface area contributed by atoms with E-state index in [4.69, 9.17) is 12.2 Å². The summed E-state index contributed by atoms with van der Waals surface area (Å²) in [5.41, 5.74) is 5.48. The first kappa shape index (κ1) is 4.67. The Morgan fingerprint density at radius 1 is 1.71 bits per heavy atom. The third-order valence-electron chi connectivity index (χ3n) is 1.55. The molecule has 0 spiro atoms. The molecule has 0 aromatic heterocycles. The first-order valence-electron chi connectivity index (χ1n) is 2.51. The van der Waals surface area contributed by atoms with E-state index in [9.17, 15) is 0 Å². The molecule has 1 saturated carbocycles. The molecule has 0 amide bonds. The fourth-order valence-electron chi connectivity index (χ4n) is 0.558. The molecule has 0 aliphatic heterocycles. The maximum atomic E-state index is 5.34. The van der Waals surface area contributed by atoms with Crippen molar-refractivity contribution >= 4 is 0 Å². The highest BCUT2D eigenvalue weighted by Gasteiger charge is 2.38. The SMILES string of the molecule is C#CC1(CN)CC1. The maximum Gasteiger partial charge on any atom is 0.0435 e. The van der Waals surface area contributed by atoms with Crippen molar-refractivity contribution in [3.05, 3.63) is 0 Å². The molecule has 7 heavy (non-hydrogen) atoms. The largest absolute Gasteiger partial charge is 0.329 e. The number of terminal acetylenes is 1. The van der Waals surface area contributed by atoms with Crippen LogP contribution >= 0.6 is 0 Å². The highest BCUT2D eigenvalue weighted by atomic mass is 14.6. The lowest BCUT2D eigenvalue weighted by molar-refractivity contribution is 0.695. The van der Waals surface area contributed by atoms with E-state index in [1.165, 1.54) is 0 Å². The van der Waals surface area contributed by atoms with Crippen molar-refractivity contribution in [3.63, 3.8) is 0 Å². The standard InChI is InChI=1S/C6H9N/c1-2-6(5-7)3-4-6/h1H,3-5,7H2. The van der Waals surface area contributed by atoms with E-state index < -0.39 is 0 Å². The van der Waals surface area contributed by atoms with Crippen molar-refractivity contribution in [3.8, 4) is 12.3 Å². The average molecular weight is 95.1 g/mol. The normalized spacial score (nSPS) is 23.4. The van der Waals surface area contributed by atoms with Gasteiger partial charge in [0.05, 0.1) is 0 Å². The van der Waals surface area contributed by atoms with Crippen LogP contribution in [0.1, 0.15) is 12.8 Å². The van der Waals surface area contributed by atoms with Crippen molar-refractivity contribution < 1.29 is 0 Å². The molecule has 0 unspecified atom stereocenters. The van der Waals surface area contributed by atoms with Crippen molar-refractivity contribution in [1.82, 2.24) is 0 Å². The summed E-state index contributed by atoms with van der Waals surface area (Å²) in [6.07, 6.45) is 7.43. The summed E-state index contributed by atoms with van der Waals surface area (Å²) >= 11 is 0. The number of rotatable bonds is 1. The maximum absolute atomic E-state index is 5.34. The quantitative estimate of drug-likeness (QED) is 0.467. The van der Waals surface area contributed by atoms with E-state index in [1.807, 2.05) is 0 Å². The Morgan fingerprint density at radius 3 is 2.29 bits per heavy atom. The molecule has 1 nitrogen and oxygen atoms in total. The van der Waals surface area contributed by atoms with E-state index in [2.05, 4.69) is 5.92 Å². The summed E-state index contributed by atoms with van der Waals surface area (Å²) in [6.45, 7) is 0.670. The molecule has 1 aliphatic rings. The second-order valence-electron chi connectivity index (χ2n) is 2.13. The zero-order chi connectivity index (χ0) is 5.33. The van der Waals surface area contributed by atoms with Gasteiger partial charge in [-0.15, -0.1) is 6.42 Å². The molecule has 0 aromatic carbocycles. The molecule has 2 N–H and O–H groups in total. The Bertz CT molecular complexity index is 106. The smallest absolute Gasteiger partial charge is 0.0435 e. The molecule has 0 saturated heterocycles. The van der Waals surface area contributed by atoms with E-state index in [-0.39, 0.29) is 5.41 Å². The fraction of sp³-hybridized carbons (Fsp3) is 0.667. The first-order chi connectivity index (χ1) is 3.33. The molecule has 0 atom stereocenters. The molecule has 1 rings (SSSR count). The van der Waals surface area contributed by atoms with Crippen molar-refractivity contribution in [2.45, 2.75) is 12.8 Å². The van der Waals surface area contributed by atoms with Gasteiger partial charge in [0.1, 0.15) is 0 Å². The van der Waals surface area contributed by atoms with E-state index in [1.54, 1.807) is 0 Å². The van der Waals surface area contributed by atoms with Crippen molar-refractivity contribution in [2.24, 2.45) is 11.1 Å². The van der Waals surface area contributed by atoms with Gasteiger partial charge in [-0.25, -0.2) is 0 Å². The Balaban J connectivity index is 2.47. The fourth-order valence-corrected chi connectivity index (χ4v) is 0.558. The summed E-state index contributed by atoms with van der Waals surface area (Å²) in [5, 5.41) is 0. The van der Waals surface area contributed by atoms with Crippen LogP contribution in [0.5, 0.6) is 0 Å². The molecule has 0 radical (unpaired) electrons. The number of hydrogen-bond donors (Lipinski definition) is 1. The van der Waals surface area contributed by atoms with Crippen molar-refractivity contribution in [1.29, 1.82) is 0 Å². The molecule has 1 fully saturated rings. The lowest BCUT2D eigenvalue weighted by Crippen LogP contribution is -2.12. The van der Waals surface area contributed by atoms with Crippen LogP contribution in [0.2, 0.25) is 0 Å². The minimum absolute atomic E-state index is 0.139. The Morgan fingerprint density at radius 2 is 2.29 bits per heavy atom. The van der Waals surface area contributed by atoms with Gasteiger partial charge in [0.2, 0.25) is 0 Å². The third-order valence-corrected chi connectivity index (χ3v) is 1.55. The van der Waals surface area contributed by atoms with Crippen LogP contribution in [0.25, 0.3) is 0 Å². The van der Waals surface area contributed by atoms with Gasteiger partial charge in [0.25, 0.3) is 0 Å². The highest BCUT2D eigenvalue weighted by molar-refractivity contribution is 5.15. The number of nitrogens with two attached hydrogens (primary N) is 1. The van der Waals surface area contributed by atoms with Gasteiger partial charge in [-0.1, -0.05) is 5.92 Å². The third kappa shape index (κ3) is 0.618. The summed E-state index contributed by atoms with van der Waals surface area (Å²) < 4.78 is 0.